The van der Waals surface area contributed by atoms with Gasteiger partial charge in [0, 0.05) is 6.54 Å². The number of aromatic nitrogens is 4. The van der Waals surface area contributed by atoms with Crippen LogP contribution in [0.1, 0.15) is 5.56 Å². The van der Waals surface area contributed by atoms with Gasteiger partial charge in [0.25, 0.3) is 5.95 Å². The van der Waals surface area contributed by atoms with Crippen LogP contribution in [0.25, 0.3) is 0 Å². The maximum Gasteiger partial charge on any atom is 0.263 e. The second-order valence-electron chi connectivity index (χ2n) is 3.65. The summed E-state index contributed by atoms with van der Waals surface area (Å²) in [6, 6.07) is 5.53. The van der Waals surface area contributed by atoms with Crippen LogP contribution >= 0.6 is 0 Å². The van der Waals surface area contributed by atoms with Gasteiger partial charge < -0.3 is 19.9 Å². The van der Waals surface area contributed by atoms with Crippen molar-refractivity contribution in [1.29, 1.82) is 0 Å². The van der Waals surface area contributed by atoms with E-state index >= 15 is 0 Å². The van der Waals surface area contributed by atoms with Crippen molar-refractivity contribution in [3.63, 3.8) is 0 Å². The van der Waals surface area contributed by atoms with E-state index in [-0.39, 0.29) is 13.2 Å². The molecule has 0 radical (unpaired) electrons. The van der Waals surface area contributed by atoms with Crippen molar-refractivity contribution in [2.45, 2.75) is 6.54 Å². The Labute approximate surface area is 109 Å². The number of methoxy groups -OCH3 is 1. The first kappa shape index (κ1) is 13.1. The monoisotopic (exact) mass is 265 g/mol. The highest BCUT2D eigenvalue weighted by molar-refractivity contribution is 5.43. The molecule has 1 aromatic carbocycles. The molecule has 0 aliphatic heterocycles. The maximum absolute atomic E-state index is 8.74. The van der Waals surface area contributed by atoms with E-state index in [0.29, 0.717) is 24.0 Å². The summed E-state index contributed by atoms with van der Waals surface area (Å²) < 4.78 is 10.6. The van der Waals surface area contributed by atoms with E-state index in [1.165, 1.54) is 0 Å². The van der Waals surface area contributed by atoms with Crippen molar-refractivity contribution in [3.05, 3.63) is 23.8 Å². The zero-order valence-corrected chi connectivity index (χ0v) is 10.5. The lowest BCUT2D eigenvalue weighted by atomic mass is 10.2. The van der Waals surface area contributed by atoms with Gasteiger partial charge in [0.15, 0.2) is 11.5 Å². The first-order valence-electron chi connectivity index (χ1n) is 5.71. The minimum absolute atomic E-state index is 0.0374. The summed E-state index contributed by atoms with van der Waals surface area (Å²) >= 11 is 0. The van der Waals surface area contributed by atoms with Crippen molar-refractivity contribution in [1.82, 2.24) is 20.6 Å². The molecule has 0 bridgehead atoms. The van der Waals surface area contributed by atoms with Crippen molar-refractivity contribution in [3.8, 4) is 11.5 Å². The molecule has 2 rings (SSSR count). The number of hydrogen-bond acceptors (Lipinski definition) is 7. The predicted molar refractivity (Wildman–Crippen MR) is 67.1 cm³/mol. The van der Waals surface area contributed by atoms with E-state index in [2.05, 4.69) is 25.9 Å². The zero-order valence-electron chi connectivity index (χ0n) is 10.5. The molecule has 0 aliphatic rings. The number of H-pyrrole nitrogens is 1. The normalized spacial score (nSPS) is 10.2. The van der Waals surface area contributed by atoms with Gasteiger partial charge in [-0.05, 0) is 22.9 Å². The summed E-state index contributed by atoms with van der Waals surface area (Å²) in [5.74, 6) is 1.64. The number of hydrogen-bond donors (Lipinski definition) is 3. The van der Waals surface area contributed by atoms with Gasteiger partial charge >= 0.3 is 0 Å². The van der Waals surface area contributed by atoms with Crippen LogP contribution in [0.5, 0.6) is 11.5 Å². The van der Waals surface area contributed by atoms with Crippen LogP contribution in [0.15, 0.2) is 18.2 Å². The molecule has 0 amide bonds. The molecule has 1 heterocycles. The number of aromatic amines is 1. The molecule has 0 spiro atoms. The molecule has 0 unspecified atom stereocenters. The van der Waals surface area contributed by atoms with E-state index in [0.717, 1.165) is 5.56 Å². The van der Waals surface area contributed by atoms with Gasteiger partial charge in [-0.25, -0.2) is 0 Å². The number of anilines is 1. The molecule has 0 saturated heterocycles. The molecule has 3 N–H and O–H groups in total. The Morgan fingerprint density at radius 2 is 2.26 bits per heavy atom. The lowest BCUT2D eigenvalue weighted by Crippen LogP contribution is -2.05. The molecule has 0 fully saturated rings. The number of aliphatic hydroxyl groups is 1. The summed E-state index contributed by atoms with van der Waals surface area (Å²) in [4.78, 5) is 0. The SMILES string of the molecule is COc1cc(CNc2nn[nH]n2)ccc1OCCO. The molecule has 0 aliphatic carbocycles. The van der Waals surface area contributed by atoms with Crippen molar-refractivity contribution in [2.75, 3.05) is 25.6 Å². The van der Waals surface area contributed by atoms with Crippen LogP contribution in [0.3, 0.4) is 0 Å². The second-order valence-corrected chi connectivity index (χ2v) is 3.65. The fourth-order valence-electron chi connectivity index (χ4n) is 1.51. The number of rotatable bonds is 7. The maximum atomic E-state index is 8.74. The third-order valence-electron chi connectivity index (χ3n) is 2.37. The van der Waals surface area contributed by atoms with Crippen LogP contribution in [0, 0.1) is 0 Å². The van der Waals surface area contributed by atoms with E-state index in [1.807, 2.05) is 12.1 Å². The largest absolute Gasteiger partial charge is 0.493 e. The molecule has 8 heteroatoms. The topological polar surface area (TPSA) is 105 Å². The Hall–Kier alpha value is -2.35. The average molecular weight is 265 g/mol. The van der Waals surface area contributed by atoms with Crippen LogP contribution in [-0.4, -0.2) is 46.1 Å². The average Bonchev–Trinajstić information content (AvgIpc) is 2.96. The lowest BCUT2D eigenvalue weighted by molar-refractivity contribution is 0.196. The van der Waals surface area contributed by atoms with Gasteiger partial charge in [-0.1, -0.05) is 11.2 Å². The van der Waals surface area contributed by atoms with Crippen LogP contribution in [0.4, 0.5) is 5.95 Å². The second kappa shape index (κ2) is 6.55. The molecular formula is C11H15N5O3. The molecule has 0 atom stereocenters. The zero-order chi connectivity index (χ0) is 13.5. The summed E-state index contributed by atoms with van der Waals surface area (Å²) in [6.45, 7) is 0.733. The Morgan fingerprint density at radius 1 is 1.37 bits per heavy atom. The van der Waals surface area contributed by atoms with Crippen LogP contribution in [0.2, 0.25) is 0 Å². The number of nitrogens with zero attached hydrogens (tertiary/aromatic N) is 3. The van der Waals surface area contributed by atoms with Crippen molar-refractivity contribution >= 4 is 5.95 Å². The molecule has 102 valence electrons. The Bertz CT molecular complexity index is 503. The lowest BCUT2D eigenvalue weighted by Gasteiger charge is -2.11. The number of nitrogens with one attached hydrogen (secondary N) is 2. The highest BCUT2D eigenvalue weighted by Crippen LogP contribution is 2.28. The van der Waals surface area contributed by atoms with Crippen LogP contribution < -0.4 is 14.8 Å². The summed E-state index contributed by atoms with van der Waals surface area (Å²) in [5, 5.41) is 25.1. The molecule has 0 saturated carbocycles. The predicted octanol–water partition coefficient (Wildman–Crippen LogP) is 0.191. The van der Waals surface area contributed by atoms with E-state index in [4.69, 9.17) is 14.6 Å². The molecule has 2 aromatic rings. The number of benzene rings is 1. The first-order chi connectivity index (χ1) is 9.33. The summed E-state index contributed by atoms with van der Waals surface area (Å²) in [6.07, 6.45) is 0. The Kier molecular flexibility index (Phi) is 4.51. The van der Waals surface area contributed by atoms with E-state index in [1.54, 1.807) is 13.2 Å². The van der Waals surface area contributed by atoms with Gasteiger partial charge in [0.2, 0.25) is 0 Å². The molecule has 1 aromatic heterocycles. The fraction of sp³-hybridized carbons (Fsp3) is 0.364. The van der Waals surface area contributed by atoms with Gasteiger partial charge in [0.05, 0.1) is 13.7 Å². The molecule has 19 heavy (non-hydrogen) atoms. The first-order valence-corrected chi connectivity index (χ1v) is 5.71. The quantitative estimate of drug-likeness (QED) is 0.656. The third-order valence-corrected chi connectivity index (χ3v) is 2.37. The highest BCUT2D eigenvalue weighted by Gasteiger charge is 2.06. The van der Waals surface area contributed by atoms with E-state index < -0.39 is 0 Å². The molecular weight excluding hydrogens is 250 g/mol. The van der Waals surface area contributed by atoms with Gasteiger partial charge in [0.1, 0.15) is 6.61 Å². The van der Waals surface area contributed by atoms with Crippen LogP contribution in [-0.2, 0) is 6.54 Å². The standard InChI is InChI=1S/C11H15N5O3/c1-18-10-6-8(2-3-9(10)19-5-4-17)7-12-11-13-15-16-14-11/h2-3,6,17H,4-5,7H2,1H3,(H2,12,13,14,15,16). The third kappa shape index (κ3) is 3.55. The van der Waals surface area contributed by atoms with Gasteiger partial charge in [-0.2, -0.15) is 5.21 Å². The van der Waals surface area contributed by atoms with Gasteiger partial charge in [-0.15, -0.1) is 5.10 Å². The van der Waals surface area contributed by atoms with Gasteiger partial charge in [-0.3, -0.25) is 0 Å². The Morgan fingerprint density at radius 3 is 2.95 bits per heavy atom. The minimum atomic E-state index is -0.0374. The Balaban J connectivity index is 2.01. The van der Waals surface area contributed by atoms with E-state index in [9.17, 15) is 0 Å². The highest BCUT2D eigenvalue weighted by atomic mass is 16.5. The van der Waals surface area contributed by atoms with Crippen molar-refractivity contribution < 1.29 is 14.6 Å². The number of tetrazole rings is 1. The molecule has 8 nitrogen and oxygen atoms in total. The number of ether oxygens (including phenoxy) is 2. The minimum Gasteiger partial charge on any atom is -0.493 e. The number of aliphatic hydroxyl groups excluding tert-OH is 1. The van der Waals surface area contributed by atoms with Crippen molar-refractivity contribution in [2.24, 2.45) is 0 Å². The smallest absolute Gasteiger partial charge is 0.263 e. The summed E-state index contributed by atoms with van der Waals surface area (Å²) in [5.41, 5.74) is 0.984. The fourth-order valence-corrected chi connectivity index (χ4v) is 1.51. The summed E-state index contributed by atoms with van der Waals surface area (Å²) in [7, 11) is 1.57.